The van der Waals surface area contributed by atoms with Gasteiger partial charge in [-0.3, -0.25) is 4.98 Å². The van der Waals surface area contributed by atoms with Crippen molar-refractivity contribution >= 4 is 20.7 Å². The van der Waals surface area contributed by atoms with Crippen molar-refractivity contribution in [1.29, 1.82) is 0 Å². The summed E-state index contributed by atoms with van der Waals surface area (Å²) in [6, 6.07) is 24.6. The number of hydrogen-bond acceptors (Lipinski definition) is 5. The number of ether oxygens (including phenoxy) is 1. The van der Waals surface area contributed by atoms with Gasteiger partial charge in [0, 0.05) is 22.7 Å². The first kappa shape index (κ1) is 20.9. The smallest absolute Gasteiger partial charge is 0.175 e. The lowest BCUT2D eigenvalue weighted by Gasteiger charge is -2.06. The average molecular weight is 456 g/mol. The maximum atomic E-state index is 11.7. The first-order chi connectivity index (χ1) is 16.0. The normalized spacial score (nSPS) is 11.5. The Morgan fingerprint density at radius 1 is 0.879 bits per heavy atom. The topological polar surface area (TPSA) is 84.9 Å². The summed E-state index contributed by atoms with van der Waals surface area (Å²) >= 11 is 0. The molecule has 0 unspecified atom stereocenters. The van der Waals surface area contributed by atoms with E-state index < -0.39 is 9.84 Å². The van der Waals surface area contributed by atoms with Crippen LogP contribution in [-0.2, 0) is 16.4 Å². The van der Waals surface area contributed by atoms with Crippen molar-refractivity contribution in [3.05, 3.63) is 96.8 Å². The Balaban J connectivity index is 1.40. The van der Waals surface area contributed by atoms with Gasteiger partial charge in [0.25, 0.3) is 0 Å². The maximum absolute atomic E-state index is 11.7. The highest BCUT2D eigenvalue weighted by Gasteiger charge is 2.10. The molecule has 33 heavy (non-hydrogen) atoms. The molecule has 0 aliphatic heterocycles. The fourth-order valence-corrected chi connectivity index (χ4v) is 4.22. The Labute approximate surface area is 191 Å². The van der Waals surface area contributed by atoms with Crippen molar-refractivity contribution in [1.82, 2.24) is 15.0 Å². The zero-order valence-electron chi connectivity index (χ0n) is 17.9. The van der Waals surface area contributed by atoms with Crippen molar-refractivity contribution in [2.24, 2.45) is 0 Å². The second-order valence-corrected chi connectivity index (χ2v) is 9.81. The lowest BCUT2D eigenvalue weighted by Crippen LogP contribution is -1.96. The minimum absolute atomic E-state index is 0.274. The van der Waals surface area contributed by atoms with E-state index in [9.17, 15) is 8.42 Å². The van der Waals surface area contributed by atoms with Crippen LogP contribution in [0, 0.1) is 0 Å². The Morgan fingerprint density at radius 2 is 1.64 bits per heavy atom. The predicted octanol–water partition coefficient (Wildman–Crippen LogP) is 5.27. The highest BCUT2D eigenvalue weighted by Crippen LogP contribution is 2.28. The number of nitrogens with zero attached hydrogens (tertiary/aromatic N) is 2. The molecular weight excluding hydrogens is 434 g/mol. The number of sulfone groups is 1. The Hall–Kier alpha value is -3.97. The van der Waals surface area contributed by atoms with Gasteiger partial charge in [0.2, 0.25) is 0 Å². The molecule has 7 heteroatoms. The molecule has 6 nitrogen and oxygen atoms in total. The molecular formula is C26H21N3O3S. The molecule has 0 saturated carbocycles. The summed E-state index contributed by atoms with van der Waals surface area (Å²) in [5.74, 6) is 0.794. The van der Waals surface area contributed by atoms with Crippen LogP contribution in [0.1, 0.15) is 5.56 Å². The summed E-state index contributed by atoms with van der Waals surface area (Å²) in [7, 11) is -3.24. The number of aromatic amines is 1. The number of aromatic nitrogens is 3. The van der Waals surface area contributed by atoms with Gasteiger partial charge in [-0.25, -0.2) is 13.4 Å². The average Bonchev–Trinajstić information content (AvgIpc) is 3.27. The number of hydrogen-bond donors (Lipinski definition) is 1. The molecule has 0 spiro atoms. The summed E-state index contributed by atoms with van der Waals surface area (Å²) in [6.45, 7) is 0.509. The molecule has 2 heterocycles. The third-order valence-corrected chi connectivity index (χ3v) is 6.46. The van der Waals surface area contributed by atoms with E-state index in [1.165, 1.54) is 6.26 Å². The van der Waals surface area contributed by atoms with Crippen LogP contribution in [0.25, 0.3) is 33.5 Å². The molecule has 0 radical (unpaired) electrons. The van der Waals surface area contributed by atoms with Gasteiger partial charge in [0.1, 0.15) is 18.1 Å². The van der Waals surface area contributed by atoms with Gasteiger partial charge in [-0.15, -0.1) is 0 Å². The molecule has 1 N–H and O–H groups in total. The molecule has 0 bridgehead atoms. The summed E-state index contributed by atoms with van der Waals surface area (Å²) in [5, 5.41) is 1.01. The highest BCUT2D eigenvalue weighted by atomic mass is 32.2. The molecule has 0 fully saturated rings. The fraction of sp³-hybridized carbons (Fsp3) is 0.0769. The zero-order valence-corrected chi connectivity index (χ0v) is 18.7. The van der Waals surface area contributed by atoms with Crippen LogP contribution in [0.4, 0.5) is 0 Å². The van der Waals surface area contributed by atoms with E-state index in [0.717, 1.165) is 33.5 Å². The van der Waals surface area contributed by atoms with Gasteiger partial charge in [0.15, 0.2) is 9.84 Å². The molecule has 2 aromatic heterocycles. The quantitative estimate of drug-likeness (QED) is 0.377. The first-order valence-electron chi connectivity index (χ1n) is 10.4. The van der Waals surface area contributed by atoms with Crippen LogP contribution in [-0.4, -0.2) is 29.6 Å². The van der Waals surface area contributed by atoms with Crippen LogP contribution < -0.4 is 4.74 Å². The maximum Gasteiger partial charge on any atom is 0.175 e. The van der Waals surface area contributed by atoms with Gasteiger partial charge in [0.05, 0.1) is 28.7 Å². The Kier molecular flexibility index (Phi) is 5.40. The molecule has 0 amide bonds. The molecule has 3 aromatic carbocycles. The van der Waals surface area contributed by atoms with Crippen molar-refractivity contribution in [2.75, 3.05) is 6.26 Å². The largest absolute Gasteiger partial charge is 0.489 e. The second kappa shape index (κ2) is 8.52. The van der Waals surface area contributed by atoms with Gasteiger partial charge in [-0.05, 0) is 42.0 Å². The summed E-state index contributed by atoms with van der Waals surface area (Å²) in [5.41, 5.74) is 5.09. The lowest BCUT2D eigenvalue weighted by atomic mass is 10.1. The highest BCUT2D eigenvalue weighted by molar-refractivity contribution is 7.90. The van der Waals surface area contributed by atoms with Crippen LogP contribution in [0.15, 0.2) is 96.2 Å². The lowest BCUT2D eigenvalue weighted by molar-refractivity contribution is 0.306. The van der Waals surface area contributed by atoms with Crippen LogP contribution in [0.2, 0.25) is 0 Å². The third-order valence-electron chi connectivity index (χ3n) is 5.33. The molecule has 164 valence electrons. The van der Waals surface area contributed by atoms with E-state index in [4.69, 9.17) is 9.72 Å². The molecule has 0 aliphatic carbocycles. The SMILES string of the molecule is CS(=O)(=O)c1ccc(-c2cncc(-c3cc4cc(OCc5ccccc5)ccc4[nH]3)n2)cc1. The molecule has 5 aromatic rings. The van der Waals surface area contributed by atoms with E-state index >= 15 is 0 Å². The predicted molar refractivity (Wildman–Crippen MR) is 129 cm³/mol. The fourth-order valence-electron chi connectivity index (χ4n) is 3.59. The number of rotatable bonds is 6. The Bertz CT molecular complexity index is 1530. The van der Waals surface area contributed by atoms with E-state index in [-0.39, 0.29) is 4.90 Å². The van der Waals surface area contributed by atoms with Crippen LogP contribution in [0.3, 0.4) is 0 Å². The first-order valence-corrected chi connectivity index (χ1v) is 12.3. The molecule has 0 atom stereocenters. The number of H-pyrrole nitrogens is 1. The van der Waals surface area contributed by atoms with Gasteiger partial charge in [-0.1, -0.05) is 42.5 Å². The van der Waals surface area contributed by atoms with Crippen molar-refractivity contribution < 1.29 is 13.2 Å². The van der Waals surface area contributed by atoms with Crippen LogP contribution in [0.5, 0.6) is 5.75 Å². The minimum Gasteiger partial charge on any atom is -0.489 e. The van der Waals surface area contributed by atoms with E-state index in [2.05, 4.69) is 9.97 Å². The zero-order chi connectivity index (χ0) is 22.8. The molecule has 5 rings (SSSR count). The van der Waals surface area contributed by atoms with Crippen molar-refractivity contribution in [2.45, 2.75) is 11.5 Å². The summed E-state index contributed by atoms with van der Waals surface area (Å²) in [6.07, 6.45) is 4.56. The van der Waals surface area contributed by atoms with Gasteiger partial charge in [-0.2, -0.15) is 0 Å². The Morgan fingerprint density at radius 3 is 2.39 bits per heavy atom. The van der Waals surface area contributed by atoms with E-state index in [1.54, 1.807) is 36.7 Å². The molecule has 0 saturated heterocycles. The monoisotopic (exact) mass is 455 g/mol. The third kappa shape index (κ3) is 4.63. The standard InChI is InChI=1S/C26H21N3O3S/c1-33(30,31)22-10-7-19(8-11-22)25-15-27-16-26(29-25)24-14-20-13-21(9-12-23(20)28-24)32-17-18-5-3-2-4-6-18/h2-16,28H,17H2,1H3. The number of fused-ring (bicyclic) bond motifs is 1. The number of nitrogens with one attached hydrogen (secondary N) is 1. The van der Waals surface area contributed by atoms with Crippen LogP contribution >= 0.6 is 0 Å². The summed E-state index contributed by atoms with van der Waals surface area (Å²) in [4.78, 5) is 12.7. The van der Waals surface area contributed by atoms with E-state index in [0.29, 0.717) is 18.0 Å². The number of benzene rings is 3. The summed E-state index contributed by atoms with van der Waals surface area (Å²) < 4.78 is 29.3. The van der Waals surface area contributed by atoms with Crippen molar-refractivity contribution in [3.8, 4) is 28.4 Å². The second-order valence-electron chi connectivity index (χ2n) is 7.79. The van der Waals surface area contributed by atoms with Gasteiger partial charge < -0.3 is 9.72 Å². The minimum atomic E-state index is -3.24. The van der Waals surface area contributed by atoms with Gasteiger partial charge >= 0.3 is 0 Å². The molecule has 0 aliphatic rings. The van der Waals surface area contributed by atoms with E-state index in [1.807, 2.05) is 54.6 Å². The van der Waals surface area contributed by atoms with Crippen molar-refractivity contribution in [3.63, 3.8) is 0 Å².